The van der Waals surface area contributed by atoms with Crippen LogP contribution in [0, 0.1) is 0 Å². The summed E-state index contributed by atoms with van der Waals surface area (Å²) in [5.41, 5.74) is 4.35. The van der Waals surface area contributed by atoms with Crippen LogP contribution in [0.15, 0.2) is 101 Å². The molecule has 1 aromatic heterocycles. The zero-order valence-corrected chi connectivity index (χ0v) is 18.9. The van der Waals surface area contributed by atoms with E-state index < -0.39 is 10.0 Å². The molecule has 4 aromatic rings. The maximum Gasteiger partial charge on any atom is 0.243 e. The van der Waals surface area contributed by atoms with Gasteiger partial charge in [-0.05, 0) is 49.2 Å². The van der Waals surface area contributed by atoms with Gasteiger partial charge in [0.1, 0.15) is 5.69 Å². The summed E-state index contributed by atoms with van der Waals surface area (Å²) < 4.78 is 28.9. The monoisotopic (exact) mass is 456 g/mol. The minimum atomic E-state index is -3.42. The van der Waals surface area contributed by atoms with Gasteiger partial charge in [0, 0.05) is 36.6 Å². The summed E-state index contributed by atoms with van der Waals surface area (Å²) in [4.78, 5) is 4.91. The third-order valence-electron chi connectivity index (χ3n) is 5.70. The summed E-state index contributed by atoms with van der Waals surface area (Å²) in [6, 6.07) is 26.7. The summed E-state index contributed by atoms with van der Waals surface area (Å²) in [5.74, 6) is 0. The van der Waals surface area contributed by atoms with E-state index in [9.17, 15) is 8.42 Å². The Bertz CT molecular complexity index is 1360. The molecule has 5 rings (SSSR count). The van der Waals surface area contributed by atoms with Gasteiger partial charge >= 0.3 is 0 Å². The van der Waals surface area contributed by atoms with E-state index in [1.54, 1.807) is 34.8 Å². The topological polar surface area (TPSA) is 67.6 Å². The van der Waals surface area contributed by atoms with Crippen molar-refractivity contribution in [1.29, 1.82) is 0 Å². The number of sulfonamides is 1. The van der Waals surface area contributed by atoms with Gasteiger partial charge in [0.05, 0.1) is 16.3 Å². The zero-order chi connectivity index (χ0) is 22.7. The van der Waals surface area contributed by atoms with Crippen molar-refractivity contribution in [2.24, 2.45) is 4.99 Å². The maximum absolute atomic E-state index is 12.7. The van der Waals surface area contributed by atoms with Crippen LogP contribution in [0.4, 0.5) is 5.69 Å². The molecule has 3 aromatic carbocycles. The number of hydrogen-bond donors (Lipinski definition) is 0. The van der Waals surface area contributed by atoms with Crippen LogP contribution < -0.4 is 0 Å². The molecular weight excluding hydrogens is 432 g/mol. The predicted octanol–water partition coefficient (Wildman–Crippen LogP) is 5.07. The number of para-hydroxylation sites is 1. The Balaban J connectivity index is 1.45. The fourth-order valence-electron chi connectivity index (χ4n) is 3.94. The molecule has 0 N–H and O–H groups in total. The number of nitrogens with zero attached hydrogens (tertiary/aromatic N) is 4. The second-order valence-corrected chi connectivity index (χ2v) is 9.88. The SMILES string of the molecule is O=S(=O)(c1ccc(N=Cc2cn(-c3ccccc3)nc2-c2ccccc2)cc1)N1CCCC1. The van der Waals surface area contributed by atoms with Crippen molar-refractivity contribution in [3.63, 3.8) is 0 Å². The van der Waals surface area contributed by atoms with Crippen molar-refractivity contribution in [3.8, 4) is 16.9 Å². The Labute approximate surface area is 193 Å². The summed E-state index contributed by atoms with van der Waals surface area (Å²) in [6.07, 6.45) is 5.57. The van der Waals surface area contributed by atoms with Gasteiger partial charge in [0.15, 0.2) is 0 Å². The molecule has 0 amide bonds. The van der Waals surface area contributed by atoms with Crippen molar-refractivity contribution in [3.05, 3.63) is 96.7 Å². The number of rotatable bonds is 6. The molecule has 0 bridgehead atoms. The summed E-state index contributed by atoms with van der Waals surface area (Å²) in [6.45, 7) is 1.19. The van der Waals surface area contributed by atoms with Gasteiger partial charge < -0.3 is 0 Å². The predicted molar refractivity (Wildman–Crippen MR) is 131 cm³/mol. The van der Waals surface area contributed by atoms with Crippen molar-refractivity contribution in [2.75, 3.05) is 13.1 Å². The van der Waals surface area contributed by atoms with Gasteiger partial charge in [-0.15, -0.1) is 0 Å². The molecular formula is C26H24N4O2S. The molecule has 1 fully saturated rings. The number of aromatic nitrogens is 2. The lowest BCUT2D eigenvalue weighted by Gasteiger charge is -2.15. The van der Waals surface area contributed by atoms with E-state index in [1.807, 2.05) is 71.5 Å². The molecule has 6 nitrogen and oxygen atoms in total. The first-order chi connectivity index (χ1) is 16.1. The van der Waals surface area contributed by atoms with Crippen LogP contribution in [0.25, 0.3) is 16.9 Å². The van der Waals surface area contributed by atoms with E-state index in [1.165, 1.54) is 0 Å². The third kappa shape index (κ3) is 4.51. The first-order valence-corrected chi connectivity index (χ1v) is 12.4. The van der Waals surface area contributed by atoms with Gasteiger partial charge in [-0.1, -0.05) is 48.5 Å². The zero-order valence-electron chi connectivity index (χ0n) is 18.1. The normalized spacial score (nSPS) is 14.8. The minimum Gasteiger partial charge on any atom is -0.256 e. The molecule has 0 radical (unpaired) electrons. The average molecular weight is 457 g/mol. The highest BCUT2D eigenvalue weighted by atomic mass is 32.2. The lowest BCUT2D eigenvalue weighted by atomic mass is 10.1. The molecule has 166 valence electrons. The highest BCUT2D eigenvalue weighted by molar-refractivity contribution is 7.89. The third-order valence-corrected chi connectivity index (χ3v) is 7.62. The number of hydrogen-bond acceptors (Lipinski definition) is 4. The molecule has 0 spiro atoms. The van der Waals surface area contributed by atoms with Crippen LogP contribution >= 0.6 is 0 Å². The Hall–Kier alpha value is -3.55. The fraction of sp³-hybridized carbons (Fsp3) is 0.154. The first-order valence-electron chi connectivity index (χ1n) is 11.0. The van der Waals surface area contributed by atoms with Gasteiger partial charge in [0.2, 0.25) is 10.0 Å². The minimum absolute atomic E-state index is 0.310. The van der Waals surface area contributed by atoms with E-state index >= 15 is 0 Å². The van der Waals surface area contributed by atoms with Crippen molar-refractivity contribution in [2.45, 2.75) is 17.7 Å². The molecule has 1 aliphatic rings. The van der Waals surface area contributed by atoms with Crippen molar-refractivity contribution in [1.82, 2.24) is 14.1 Å². The first kappa shape index (κ1) is 21.3. The molecule has 1 saturated heterocycles. The summed E-state index contributed by atoms with van der Waals surface area (Å²) in [7, 11) is -3.42. The van der Waals surface area contributed by atoms with E-state index in [0.717, 1.165) is 35.3 Å². The van der Waals surface area contributed by atoms with Crippen molar-refractivity contribution < 1.29 is 8.42 Å². The lowest BCUT2D eigenvalue weighted by molar-refractivity contribution is 0.477. The molecule has 0 atom stereocenters. The van der Waals surface area contributed by atoms with Gasteiger partial charge in [-0.2, -0.15) is 9.40 Å². The van der Waals surface area contributed by atoms with Crippen LogP contribution in [0.3, 0.4) is 0 Å². The Morgan fingerprint density at radius 3 is 2.12 bits per heavy atom. The molecule has 7 heteroatoms. The summed E-state index contributed by atoms with van der Waals surface area (Å²) >= 11 is 0. The molecule has 0 unspecified atom stereocenters. The van der Waals surface area contributed by atoms with Gasteiger partial charge in [0.25, 0.3) is 0 Å². The van der Waals surface area contributed by atoms with Gasteiger partial charge in [-0.3, -0.25) is 4.99 Å². The van der Waals surface area contributed by atoms with Crippen LogP contribution in [0.5, 0.6) is 0 Å². The van der Waals surface area contributed by atoms with Crippen molar-refractivity contribution >= 4 is 21.9 Å². The smallest absolute Gasteiger partial charge is 0.243 e. The quantitative estimate of drug-likeness (QED) is 0.380. The number of benzene rings is 3. The molecule has 0 aliphatic carbocycles. The van der Waals surface area contributed by atoms with E-state index in [-0.39, 0.29) is 0 Å². The molecule has 0 saturated carbocycles. The van der Waals surface area contributed by atoms with Crippen LogP contribution in [0.1, 0.15) is 18.4 Å². The fourth-order valence-corrected chi connectivity index (χ4v) is 5.46. The van der Waals surface area contributed by atoms with Crippen LogP contribution in [-0.2, 0) is 10.0 Å². The standard InChI is InChI=1S/C26H24N4O2S/c31-33(32,29-17-7-8-18-29)25-15-13-23(14-16-25)27-19-22-20-30(24-11-5-2-6-12-24)28-26(22)21-9-3-1-4-10-21/h1-6,9-16,19-20H,7-8,17-18H2. The van der Waals surface area contributed by atoms with E-state index in [4.69, 9.17) is 5.10 Å². The highest BCUT2D eigenvalue weighted by Crippen LogP contribution is 2.25. The lowest BCUT2D eigenvalue weighted by Crippen LogP contribution is -2.27. The largest absolute Gasteiger partial charge is 0.256 e. The average Bonchev–Trinajstić information content (AvgIpc) is 3.55. The van der Waals surface area contributed by atoms with Crippen LogP contribution in [-0.4, -0.2) is 41.8 Å². The van der Waals surface area contributed by atoms with Crippen LogP contribution in [0.2, 0.25) is 0 Å². The second kappa shape index (κ2) is 9.13. The highest BCUT2D eigenvalue weighted by Gasteiger charge is 2.26. The summed E-state index contributed by atoms with van der Waals surface area (Å²) in [5, 5.41) is 4.79. The molecule has 33 heavy (non-hydrogen) atoms. The van der Waals surface area contributed by atoms with E-state index in [0.29, 0.717) is 23.7 Å². The Kier molecular flexibility index (Phi) is 5.90. The van der Waals surface area contributed by atoms with E-state index in [2.05, 4.69) is 4.99 Å². The second-order valence-electron chi connectivity index (χ2n) is 7.94. The number of aliphatic imine (C=N–C) groups is 1. The maximum atomic E-state index is 12.7. The molecule has 1 aliphatic heterocycles. The molecule has 2 heterocycles. The Morgan fingerprint density at radius 1 is 0.818 bits per heavy atom. The Morgan fingerprint density at radius 2 is 1.45 bits per heavy atom. The van der Waals surface area contributed by atoms with Gasteiger partial charge in [-0.25, -0.2) is 13.1 Å².